The van der Waals surface area contributed by atoms with Crippen LogP contribution in [0.4, 0.5) is 0 Å². The number of aliphatic hydroxyl groups excluding tert-OH is 1. The molecule has 5 rings (SSSR count). The largest absolute Gasteiger partial charge is 0.458 e. The lowest BCUT2D eigenvalue weighted by atomic mass is 9.39. The number of aliphatic hydroxyl groups is 1. The normalized spacial score (nSPS) is 51.4. The van der Waals surface area contributed by atoms with Crippen LogP contribution >= 0.6 is 0 Å². The molecule has 0 aromatic heterocycles. The number of carbonyl (C=O) groups is 2. The Hall–Kier alpha value is -1.16. The van der Waals surface area contributed by atoms with Crippen molar-refractivity contribution in [3.63, 3.8) is 0 Å². The second kappa shape index (κ2) is 5.46. The summed E-state index contributed by atoms with van der Waals surface area (Å²) in [5.74, 6) is 1.19. The summed E-state index contributed by atoms with van der Waals surface area (Å²) in [6.07, 6.45) is 10.9. The van der Waals surface area contributed by atoms with Crippen LogP contribution in [0.1, 0.15) is 78.1 Å². The third-order valence-electron chi connectivity index (χ3n) is 10.1. The van der Waals surface area contributed by atoms with E-state index in [2.05, 4.69) is 13.8 Å². The van der Waals surface area contributed by atoms with Crippen LogP contribution in [-0.2, 0) is 14.3 Å². The molecular formula is C23H32O4. The molecule has 0 amide bonds. The maximum atomic E-state index is 12.1. The first-order chi connectivity index (χ1) is 12.8. The predicted molar refractivity (Wildman–Crippen MR) is 101 cm³/mol. The van der Waals surface area contributed by atoms with E-state index in [4.69, 9.17) is 4.74 Å². The molecule has 3 saturated carbocycles. The van der Waals surface area contributed by atoms with E-state index < -0.39 is 0 Å². The second-order valence-corrected chi connectivity index (χ2v) is 10.5. The Morgan fingerprint density at radius 1 is 1.00 bits per heavy atom. The van der Waals surface area contributed by atoms with Crippen molar-refractivity contribution >= 4 is 11.8 Å². The average molecular weight is 373 g/mol. The summed E-state index contributed by atoms with van der Waals surface area (Å²) in [5, 5.41) is 10.8. The highest BCUT2D eigenvalue weighted by Gasteiger charge is 2.70. The zero-order valence-corrected chi connectivity index (χ0v) is 16.7. The molecule has 1 saturated heterocycles. The molecule has 0 aromatic rings. The van der Waals surface area contributed by atoms with Gasteiger partial charge in [0.2, 0.25) is 0 Å². The molecule has 1 heterocycles. The van der Waals surface area contributed by atoms with E-state index >= 15 is 0 Å². The van der Waals surface area contributed by atoms with Crippen LogP contribution in [0.2, 0.25) is 0 Å². The lowest BCUT2D eigenvalue weighted by Crippen LogP contribution is -2.62. The molecule has 4 heteroatoms. The fourth-order valence-corrected chi connectivity index (χ4v) is 8.37. The van der Waals surface area contributed by atoms with E-state index in [-0.39, 0.29) is 40.2 Å². The van der Waals surface area contributed by atoms with Gasteiger partial charge in [0.25, 0.3) is 0 Å². The highest BCUT2D eigenvalue weighted by atomic mass is 16.6. The predicted octanol–water partition coefficient (Wildman–Crippen LogP) is 3.96. The molecule has 0 bridgehead atoms. The number of hydrogen-bond donors (Lipinski definition) is 1. The fourth-order valence-electron chi connectivity index (χ4n) is 8.37. The van der Waals surface area contributed by atoms with E-state index in [9.17, 15) is 14.7 Å². The summed E-state index contributed by atoms with van der Waals surface area (Å²) in [4.78, 5) is 24.1. The molecular weight excluding hydrogens is 340 g/mol. The van der Waals surface area contributed by atoms with E-state index in [1.54, 1.807) is 0 Å². The Morgan fingerprint density at radius 3 is 2.52 bits per heavy atom. The van der Waals surface area contributed by atoms with Crippen molar-refractivity contribution in [2.45, 2.75) is 83.7 Å². The van der Waals surface area contributed by atoms with Crippen molar-refractivity contribution in [2.24, 2.45) is 28.1 Å². The Kier molecular flexibility index (Phi) is 3.62. The summed E-state index contributed by atoms with van der Waals surface area (Å²) < 4.78 is 6.02. The summed E-state index contributed by atoms with van der Waals surface area (Å²) in [5.41, 5.74) is 0.853. The van der Waals surface area contributed by atoms with Gasteiger partial charge in [-0.1, -0.05) is 19.4 Å². The molecule has 4 nitrogen and oxygen atoms in total. The molecule has 148 valence electrons. The first kappa shape index (κ1) is 17.9. The topological polar surface area (TPSA) is 63.6 Å². The van der Waals surface area contributed by atoms with E-state index in [0.29, 0.717) is 24.7 Å². The van der Waals surface area contributed by atoms with Gasteiger partial charge < -0.3 is 9.84 Å². The summed E-state index contributed by atoms with van der Waals surface area (Å²) in [6.45, 7) is 4.89. The first-order valence-electron chi connectivity index (χ1n) is 10.9. The van der Waals surface area contributed by atoms with Gasteiger partial charge in [0.1, 0.15) is 5.60 Å². The molecule has 4 fully saturated rings. The summed E-state index contributed by atoms with van der Waals surface area (Å²) >= 11 is 0. The van der Waals surface area contributed by atoms with Gasteiger partial charge in [0.15, 0.2) is 5.78 Å². The third kappa shape index (κ3) is 1.98. The van der Waals surface area contributed by atoms with Gasteiger partial charge in [0, 0.05) is 30.3 Å². The zero-order valence-electron chi connectivity index (χ0n) is 16.7. The van der Waals surface area contributed by atoms with Crippen LogP contribution in [0, 0.1) is 28.1 Å². The van der Waals surface area contributed by atoms with Crippen LogP contribution in [0.5, 0.6) is 0 Å². The lowest BCUT2D eigenvalue weighted by molar-refractivity contribution is -0.189. The minimum atomic E-state index is -0.268. The molecule has 0 radical (unpaired) electrons. The third-order valence-corrected chi connectivity index (χ3v) is 10.1. The van der Waals surface area contributed by atoms with Crippen LogP contribution in [0.15, 0.2) is 11.6 Å². The molecule has 27 heavy (non-hydrogen) atoms. The maximum Gasteiger partial charge on any atom is 0.306 e. The second-order valence-electron chi connectivity index (χ2n) is 10.5. The van der Waals surface area contributed by atoms with Crippen molar-refractivity contribution in [1.29, 1.82) is 0 Å². The number of carbonyl (C=O) groups excluding carboxylic acids is 2. The van der Waals surface area contributed by atoms with Gasteiger partial charge in [-0.3, -0.25) is 9.59 Å². The lowest BCUT2D eigenvalue weighted by Gasteiger charge is -2.65. The van der Waals surface area contributed by atoms with Crippen molar-refractivity contribution in [3.05, 3.63) is 11.6 Å². The van der Waals surface area contributed by atoms with Crippen LogP contribution in [-0.4, -0.2) is 29.1 Å². The number of ether oxygens (including phenoxy) is 1. The average Bonchev–Trinajstić information content (AvgIpc) is 3.16. The SMILES string of the molecule is C[C@]12CCC(=O)C=C1CC[C@H]1C3CC[C@@]4(CCC(=O)O4)[C@@]3(C)CC[C@@]12CO. The van der Waals surface area contributed by atoms with E-state index in [1.165, 1.54) is 5.57 Å². The van der Waals surface area contributed by atoms with Crippen LogP contribution in [0.3, 0.4) is 0 Å². The summed E-state index contributed by atoms with van der Waals surface area (Å²) in [6, 6.07) is 0. The molecule has 5 aliphatic rings. The number of hydrogen-bond acceptors (Lipinski definition) is 4. The smallest absolute Gasteiger partial charge is 0.306 e. The van der Waals surface area contributed by atoms with Gasteiger partial charge in [-0.25, -0.2) is 0 Å². The molecule has 0 aromatic carbocycles. The van der Waals surface area contributed by atoms with Gasteiger partial charge in [-0.05, 0) is 74.7 Å². The molecule has 4 aliphatic carbocycles. The fraction of sp³-hybridized carbons (Fsp3) is 0.826. The Morgan fingerprint density at radius 2 is 1.81 bits per heavy atom. The molecule has 1 aliphatic heterocycles. The highest BCUT2D eigenvalue weighted by Crippen LogP contribution is 2.73. The molecule has 1 N–H and O–H groups in total. The van der Waals surface area contributed by atoms with Crippen molar-refractivity contribution in [1.82, 2.24) is 0 Å². The standard InChI is InChI=1S/C23H32O4/c1-20-8-5-16(25)13-15(20)3-4-18-17-6-9-23(10-7-19(26)27-23)21(17,2)11-12-22(18,20)14-24/h13,17-18,24H,3-12,14H2,1-2H3/t17?,18-,20-,21-,22+,23+/m0/s1. The van der Waals surface area contributed by atoms with Crippen molar-refractivity contribution in [3.8, 4) is 0 Å². The van der Waals surface area contributed by atoms with E-state index in [1.807, 2.05) is 6.08 Å². The van der Waals surface area contributed by atoms with Gasteiger partial charge in [-0.2, -0.15) is 0 Å². The van der Waals surface area contributed by atoms with E-state index in [0.717, 1.165) is 51.4 Å². The minimum absolute atomic E-state index is 0.0255. The van der Waals surface area contributed by atoms with Crippen LogP contribution < -0.4 is 0 Å². The first-order valence-corrected chi connectivity index (χ1v) is 10.9. The van der Waals surface area contributed by atoms with Crippen LogP contribution in [0.25, 0.3) is 0 Å². The minimum Gasteiger partial charge on any atom is -0.458 e. The van der Waals surface area contributed by atoms with Crippen molar-refractivity contribution in [2.75, 3.05) is 6.61 Å². The Labute approximate surface area is 161 Å². The Balaban J connectivity index is 1.57. The highest BCUT2D eigenvalue weighted by molar-refractivity contribution is 5.91. The maximum absolute atomic E-state index is 12.1. The number of allylic oxidation sites excluding steroid dienone is 1. The van der Waals surface area contributed by atoms with Gasteiger partial charge in [-0.15, -0.1) is 0 Å². The van der Waals surface area contributed by atoms with Gasteiger partial charge >= 0.3 is 5.97 Å². The zero-order chi connectivity index (χ0) is 19.1. The molecule has 1 spiro atoms. The number of rotatable bonds is 1. The van der Waals surface area contributed by atoms with Crippen molar-refractivity contribution < 1.29 is 19.4 Å². The summed E-state index contributed by atoms with van der Waals surface area (Å²) in [7, 11) is 0. The Bertz CT molecular complexity index is 741. The molecule has 1 unspecified atom stereocenters. The number of ketones is 1. The number of fused-ring (bicyclic) bond motifs is 6. The number of esters is 1. The monoisotopic (exact) mass is 372 g/mol. The van der Waals surface area contributed by atoms with Gasteiger partial charge in [0.05, 0.1) is 0 Å². The quantitative estimate of drug-likeness (QED) is 0.708. The molecule has 6 atom stereocenters.